The van der Waals surface area contributed by atoms with Crippen molar-refractivity contribution in [1.82, 2.24) is 0 Å². The Morgan fingerprint density at radius 3 is 2.23 bits per heavy atom. The van der Waals surface area contributed by atoms with E-state index in [2.05, 4.69) is 80.0 Å². The fourth-order valence-corrected chi connectivity index (χ4v) is 5.25. The molecule has 26 heavy (non-hydrogen) atoms. The molecule has 0 fully saturated rings. The van der Waals surface area contributed by atoms with Gasteiger partial charge in [-0.3, -0.25) is 0 Å². The van der Waals surface area contributed by atoms with Crippen molar-refractivity contribution in [2.75, 3.05) is 3.80 Å². The number of allylic oxidation sites excluding steroid dienone is 4. The summed E-state index contributed by atoms with van der Waals surface area (Å²) in [5.41, 5.74) is 11.2. The van der Waals surface area contributed by atoms with E-state index in [1.165, 1.54) is 49.4 Å². The number of halogens is 2. The van der Waals surface area contributed by atoms with Crippen LogP contribution in [0.25, 0.3) is 5.57 Å². The summed E-state index contributed by atoms with van der Waals surface area (Å²) in [6.07, 6.45) is 5.73. The van der Waals surface area contributed by atoms with E-state index in [1.54, 1.807) is 0 Å². The Morgan fingerprint density at radius 1 is 0.962 bits per heavy atom. The fourth-order valence-electron chi connectivity index (χ4n) is 3.44. The van der Waals surface area contributed by atoms with Crippen LogP contribution in [-0.4, -0.2) is 0 Å². The number of benzene rings is 2. The molecule has 2 aromatic rings. The largest absolute Gasteiger partial charge is 0.147 e. The van der Waals surface area contributed by atoms with Gasteiger partial charge in [-0.05, 0) is 0 Å². The molecule has 1 N–H and O–H groups in total. The number of hydrogen-bond acceptors (Lipinski definition) is 1. The molecule has 0 bridgehead atoms. The monoisotopic (exact) mass is 423 g/mol. The Hall–Kier alpha value is -0.986. The minimum Gasteiger partial charge on any atom is -0.147 e. The van der Waals surface area contributed by atoms with Crippen LogP contribution in [-0.2, 0) is 24.1 Å². The van der Waals surface area contributed by atoms with Crippen molar-refractivity contribution in [3.8, 4) is 0 Å². The number of anilines is 1. The fraction of sp³-hybridized carbons (Fsp3) is 0.273. The van der Waals surface area contributed by atoms with Gasteiger partial charge in [0.2, 0.25) is 0 Å². The predicted octanol–water partition coefficient (Wildman–Crippen LogP) is 6.80. The van der Waals surface area contributed by atoms with Crippen LogP contribution in [0.3, 0.4) is 0 Å². The molecule has 0 aromatic heterocycles. The van der Waals surface area contributed by atoms with Gasteiger partial charge in [0.15, 0.2) is 0 Å². The molecule has 0 heterocycles. The molecule has 1 aliphatic carbocycles. The third-order valence-electron chi connectivity index (χ3n) is 4.58. The third kappa shape index (κ3) is 5.50. The molecule has 0 saturated carbocycles. The molecule has 0 radical (unpaired) electrons. The Kier molecular flexibility index (Phi) is 9.20. The van der Waals surface area contributed by atoms with Crippen LogP contribution in [0.1, 0.15) is 41.2 Å². The van der Waals surface area contributed by atoms with Gasteiger partial charge in [0.05, 0.1) is 0 Å². The normalized spacial score (nSPS) is 12.5. The van der Waals surface area contributed by atoms with Crippen molar-refractivity contribution in [2.45, 2.75) is 38.8 Å². The summed E-state index contributed by atoms with van der Waals surface area (Å²) >= 11 is -0.260. The second-order valence-electron chi connectivity index (χ2n) is 6.73. The summed E-state index contributed by atoms with van der Waals surface area (Å²) in [5.74, 6) is 0. The number of nitrogens with one attached hydrogen (secondary N) is 1. The van der Waals surface area contributed by atoms with E-state index in [1.807, 2.05) is 0 Å². The van der Waals surface area contributed by atoms with Gasteiger partial charge in [0.1, 0.15) is 0 Å². The summed E-state index contributed by atoms with van der Waals surface area (Å²) in [4.78, 5) is 0. The minimum atomic E-state index is -0.260. The molecule has 0 amide bonds. The average Bonchev–Trinajstić information content (AvgIpc) is 2.96. The molecular weight excluding hydrogens is 397 g/mol. The van der Waals surface area contributed by atoms with Crippen LogP contribution in [0.4, 0.5) is 5.69 Å². The summed E-state index contributed by atoms with van der Waals surface area (Å²) < 4.78 is 4.94. The van der Waals surface area contributed by atoms with Gasteiger partial charge >= 0.3 is 155 Å². The first-order chi connectivity index (χ1) is 11.5. The van der Waals surface area contributed by atoms with E-state index in [-0.39, 0.29) is 44.2 Å². The van der Waals surface area contributed by atoms with Crippen molar-refractivity contribution >= 4 is 36.1 Å². The average molecular weight is 424 g/mol. The molecule has 0 saturated heterocycles. The molecule has 0 atom stereocenters. The van der Waals surface area contributed by atoms with E-state index in [0.29, 0.717) is 0 Å². The van der Waals surface area contributed by atoms with Gasteiger partial charge in [-0.2, -0.15) is 0 Å². The Balaban J connectivity index is 0.00000169. The maximum Gasteiger partial charge on any atom is -0.147 e. The van der Waals surface area contributed by atoms with Crippen LogP contribution < -0.4 is 3.80 Å². The first-order valence-corrected chi connectivity index (χ1v) is 10.5. The van der Waals surface area contributed by atoms with E-state index >= 15 is 0 Å². The smallest absolute Gasteiger partial charge is 0.147 e. The maximum atomic E-state index is 3.78. The molecular formula is C22H27Cl2NTi. The van der Waals surface area contributed by atoms with Crippen molar-refractivity contribution in [1.29, 1.82) is 0 Å². The van der Waals surface area contributed by atoms with Crippen LogP contribution in [0.5, 0.6) is 0 Å². The molecule has 2 aromatic carbocycles. The summed E-state index contributed by atoms with van der Waals surface area (Å²) in [5, 5.41) is 0. The van der Waals surface area contributed by atoms with Crippen LogP contribution in [0.2, 0.25) is 0 Å². The number of hydrogen-bond donors (Lipinski definition) is 1. The Morgan fingerprint density at radius 2 is 1.62 bits per heavy atom. The molecule has 0 aliphatic heterocycles. The molecule has 4 heteroatoms. The molecule has 0 unspecified atom stereocenters. The molecule has 0 spiro atoms. The predicted molar refractivity (Wildman–Crippen MR) is 115 cm³/mol. The second kappa shape index (κ2) is 10.4. The molecule has 1 aliphatic rings. The zero-order valence-corrected chi connectivity index (χ0v) is 19.0. The zero-order chi connectivity index (χ0) is 17.1. The van der Waals surface area contributed by atoms with E-state index in [0.717, 1.165) is 6.42 Å². The quantitative estimate of drug-likeness (QED) is 0.521. The van der Waals surface area contributed by atoms with E-state index < -0.39 is 0 Å². The van der Waals surface area contributed by atoms with Crippen molar-refractivity contribution in [3.63, 3.8) is 0 Å². The van der Waals surface area contributed by atoms with Gasteiger partial charge in [-0.1, -0.05) is 0 Å². The van der Waals surface area contributed by atoms with Gasteiger partial charge in [-0.25, -0.2) is 0 Å². The summed E-state index contributed by atoms with van der Waals surface area (Å²) in [6.45, 7) is 8.77. The molecule has 3 rings (SSSR count). The summed E-state index contributed by atoms with van der Waals surface area (Å²) in [6, 6.07) is 13.4. The Labute approximate surface area is 179 Å². The van der Waals surface area contributed by atoms with Gasteiger partial charge in [-0.15, -0.1) is 24.8 Å². The minimum absolute atomic E-state index is 0. The van der Waals surface area contributed by atoms with E-state index in [9.17, 15) is 0 Å². The number of rotatable bonds is 5. The zero-order valence-electron chi connectivity index (χ0n) is 15.8. The van der Waals surface area contributed by atoms with Gasteiger partial charge in [0, 0.05) is 0 Å². The molecule has 138 valence electrons. The SMILES string of the molecule is CC1=CCC(c2ccccc2[CH2][Ti][NH]c2c(C)cc(C)cc2C)=C1.Cl.Cl. The van der Waals surface area contributed by atoms with Crippen molar-refractivity contribution < 1.29 is 19.4 Å². The van der Waals surface area contributed by atoms with Crippen LogP contribution in [0, 0.1) is 20.8 Å². The van der Waals surface area contributed by atoms with Crippen LogP contribution in [0.15, 0.2) is 54.1 Å². The van der Waals surface area contributed by atoms with E-state index in [4.69, 9.17) is 0 Å². The number of aryl methyl sites for hydroxylation is 3. The third-order valence-corrected chi connectivity index (χ3v) is 6.12. The first-order valence-electron chi connectivity index (χ1n) is 8.57. The first kappa shape index (κ1) is 23.1. The van der Waals surface area contributed by atoms with Crippen LogP contribution >= 0.6 is 24.8 Å². The van der Waals surface area contributed by atoms with Crippen molar-refractivity contribution in [2.24, 2.45) is 0 Å². The standard InChI is InChI=1S/C13H13.C9H12N.2ClH.Ti/c1-10-7-8-12(9-10)13-6-4-3-5-11(13)2;1-6-4-7(2)9(10)8(3)5-6;;;/h3-7,9H,2,8H2,1H3;4-5,10H,1-3H3;2*1H;/q;-1;;;+1. The van der Waals surface area contributed by atoms with Gasteiger partial charge in [0.25, 0.3) is 0 Å². The molecule has 1 nitrogen and oxygen atoms in total. The maximum absolute atomic E-state index is 3.78. The van der Waals surface area contributed by atoms with Crippen molar-refractivity contribution in [3.05, 3.63) is 81.9 Å². The summed E-state index contributed by atoms with van der Waals surface area (Å²) in [7, 11) is 0. The Bertz CT molecular complexity index is 802. The topological polar surface area (TPSA) is 12.0 Å². The van der Waals surface area contributed by atoms with Gasteiger partial charge < -0.3 is 0 Å². The second-order valence-corrected chi connectivity index (χ2v) is 8.23.